The lowest BCUT2D eigenvalue weighted by Crippen LogP contribution is -2.16. The Bertz CT molecular complexity index is 816. The van der Waals surface area contributed by atoms with Crippen LogP contribution in [-0.4, -0.2) is 5.91 Å². The Hall–Kier alpha value is -2.61. The summed E-state index contributed by atoms with van der Waals surface area (Å²) in [4.78, 5) is 12.3. The van der Waals surface area contributed by atoms with Gasteiger partial charge in [-0.15, -0.1) is 0 Å². The van der Waals surface area contributed by atoms with Crippen molar-refractivity contribution in [1.29, 1.82) is 0 Å². The normalized spacial score (nSPS) is 10.6. The molecule has 0 radical (unpaired) electrons. The van der Waals surface area contributed by atoms with E-state index < -0.39 is 0 Å². The van der Waals surface area contributed by atoms with Crippen LogP contribution < -0.4 is 5.32 Å². The second-order valence-electron chi connectivity index (χ2n) is 5.67. The summed E-state index contributed by atoms with van der Waals surface area (Å²) in [7, 11) is 0. The third-order valence-electron chi connectivity index (χ3n) is 3.92. The molecule has 0 unspecified atom stereocenters. The molecule has 0 spiro atoms. The molecule has 3 aromatic carbocycles. The van der Waals surface area contributed by atoms with Crippen LogP contribution in [0.1, 0.15) is 16.7 Å². The maximum atomic E-state index is 12.3. The lowest BCUT2D eigenvalue weighted by molar-refractivity contribution is -0.115. The smallest absolute Gasteiger partial charge is 0.228 e. The molecule has 0 saturated carbocycles. The van der Waals surface area contributed by atoms with E-state index in [2.05, 4.69) is 29.6 Å². The molecule has 3 rings (SSSR count). The molecule has 0 bridgehead atoms. The Kier molecular flexibility index (Phi) is 3.92. The molecule has 0 atom stereocenters. The van der Waals surface area contributed by atoms with E-state index in [0.717, 1.165) is 22.4 Å². The summed E-state index contributed by atoms with van der Waals surface area (Å²) in [6.45, 7) is 4.03. The maximum absolute atomic E-state index is 12.3. The highest BCUT2D eigenvalue weighted by molar-refractivity contribution is 5.94. The van der Waals surface area contributed by atoms with Gasteiger partial charge in [-0.25, -0.2) is 0 Å². The molecule has 0 heterocycles. The molecule has 22 heavy (non-hydrogen) atoms. The van der Waals surface area contributed by atoms with Crippen molar-refractivity contribution in [2.24, 2.45) is 0 Å². The van der Waals surface area contributed by atoms with Gasteiger partial charge in [-0.1, -0.05) is 60.7 Å². The van der Waals surface area contributed by atoms with E-state index in [1.807, 2.05) is 50.2 Å². The molecule has 1 amide bonds. The lowest BCUT2D eigenvalue weighted by atomic mass is 10.0. The first-order chi connectivity index (χ1) is 10.6. The first kappa shape index (κ1) is 14.3. The zero-order valence-corrected chi connectivity index (χ0v) is 12.9. The van der Waals surface area contributed by atoms with Crippen molar-refractivity contribution in [1.82, 2.24) is 0 Å². The minimum atomic E-state index is 0.0210. The summed E-state index contributed by atoms with van der Waals surface area (Å²) in [6, 6.07) is 20.4. The first-order valence-electron chi connectivity index (χ1n) is 7.47. The van der Waals surface area contributed by atoms with Crippen LogP contribution in [0, 0.1) is 13.8 Å². The SMILES string of the molecule is Cc1cccc(C)c1NC(=O)Cc1ccc2ccccc2c1. The topological polar surface area (TPSA) is 29.1 Å². The van der Waals surface area contributed by atoms with Crippen molar-refractivity contribution in [2.75, 3.05) is 5.32 Å². The number of benzene rings is 3. The number of rotatable bonds is 3. The predicted molar refractivity (Wildman–Crippen MR) is 92.2 cm³/mol. The van der Waals surface area contributed by atoms with Crippen molar-refractivity contribution in [3.8, 4) is 0 Å². The van der Waals surface area contributed by atoms with E-state index in [-0.39, 0.29) is 5.91 Å². The van der Waals surface area contributed by atoms with Gasteiger partial charge in [-0.3, -0.25) is 4.79 Å². The summed E-state index contributed by atoms with van der Waals surface area (Å²) in [5, 5.41) is 5.40. The fourth-order valence-electron chi connectivity index (χ4n) is 2.73. The number of fused-ring (bicyclic) bond motifs is 1. The van der Waals surface area contributed by atoms with Crippen molar-refractivity contribution in [2.45, 2.75) is 20.3 Å². The van der Waals surface area contributed by atoms with Crippen LogP contribution in [0.25, 0.3) is 10.8 Å². The summed E-state index contributed by atoms with van der Waals surface area (Å²) in [6.07, 6.45) is 0.388. The zero-order valence-electron chi connectivity index (χ0n) is 12.9. The standard InChI is InChI=1S/C20H19NO/c1-14-6-5-7-15(2)20(14)21-19(22)13-16-10-11-17-8-3-4-9-18(17)12-16/h3-12H,13H2,1-2H3,(H,21,22). The van der Waals surface area contributed by atoms with Crippen LogP contribution >= 0.6 is 0 Å². The second-order valence-corrected chi connectivity index (χ2v) is 5.67. The average molecular weight is 289 g/mol. The van der Waals surface area contributed by atoms with Crippen LogP contribution in [-0.2, 0) is 11.2 Å². The largest absolute Gasteiger partial charge is 0.325 e. The number of para-hydroxylation sites is 1. The van der Waals surface area contributed by atoms with Crippen LogP contribution in [0.5, 0.6) is 0 Å². The molecule has 0 aliphatic heterocycles. The molecule has 0 aromatic heterocycles. The summed E-state index contributed by atoms with van der Waals surface area (Å²) in [5.74, 6) is 0.0210. The van der Waals surface area contributed by atoms with Gasteiger partial charge in [-0.2, -0.15) is 0 Å². The maximum Gasteiger partial charge on any atom is 0.228 e. The van der Waals surface area contributed by atoms with Gasteiger partial charge in [-0.05, 0) is 41.3 Å². The van der Waals surface area contributed by atoms with Gasteiger partial charge < -0.3 is 5.32 Å². The van der Waals surface area contributed by atoms with Crippen molar-refractivity contribution >= 4 is 22.4 Å². The molecule has 2 nitrogen and oxygen atoms in total. The van der Waals surface area contributed by atoms with Gasteiger partial charge in [0.1, 0.15) is 0 Å². The van der Waals surface area contributed by atoms with Crippen molar-refractivity contribution in [3.63, 3.8) is 0 Å². The molecular weight excluding hydrogens is 270 g/mol. The van der Waals surface area contributed by atoms with E-state index in [4.69, 9.17) is 0 Å². The highest BCUT2D eigenvalue weighted by atomic mass is 16.1. The zero-order chi connectivity index (χ0) is 15.5. The highest BCUT2D eigenvalue weighted by Crippen LogP contribution is 2.20. The lowest BCUT2D eigenvalue weighted by Gasteiger charge is -2.11. The summed E-state index contributed by atoms with van der Waals surface area (Å²) >= 11 is 0. The monoisotopic (exact) mass is 289 g/mol. The van der Waals surface area contributed by atoms with Crippen LogP contribution in [0.4, 0.5) is 5.69 Å². The predicted octanol–water partition coefficient (Wildman–Crippen LogP) is 4.64. The average Bonchev–Trinajstić information content (AvgIpc) is 2.51. The fraction of sp³-hybridized carbons (Fsp3) is 0.150. The van der Waals surface area contributed by atoms with Crippen LogP contribution in [0.15, 0.2) is 60.7 Å². The summed E-state index contributed by atoms with van der Waals surface area (Å²) < 4.78 is 0. The van der Waals surface area contributed by atoms with Crippen molar-refractivity contribution in [3.05, 3.63) is 77.4 Å². The van der Waals surface area contributed by atoms with E-state index >= 15 is 0 Å². The number of aryl methyl sites for hydroxylation is 2. The minimum Gasteiger partial charge on any atom is -0.325 e. The Morgan fingerprint density at radius 3 is 2.27 bits per heavy atom. The number of carbonyl (C=O) groups excluding carboxylic acids is 1. The number of anilines is 1. The molecule has 110 valence electrons. The Labute approximate surface area is 130 Å². The van der Waals surface area contributed by atoms with Gasteiger partial charge >= 0.3 is 0 Å². The molecule has 1 N–H and O–H groups in total. The van der Waals surface area contributed by atoms with Crippen molar-refractivity contribution < 1.29 is 4.79 Å². The Morgan fingerprint density at radius 1 is 0.864 bits per heavy atom. The molecule has 2 heteroatoms. The van der Waals surface area contributed by atoms with E-state index in [9.17, 15) is 4.79 Å². The molecule has 0 fully saturated rings. The van der Waals surface area contributed by atoms with E-state index in [0.29, 0.717) is 6.42 Å². The minimum absolute atomic E-state index is 0.0210. The number of hydrogen-bond acceptors (Lipinski definition) is 1. The number of hydrogen-bond donors (Lipinski definition) is 1. The second kappa shape index (κ2) is 6.02. The fourth-order valence-corrected chi connectivity index (χ4v) is 2.73. The highest BCUT2D eigenvalue weighted by Gasteiger charge is 2.08. The van der Waals surface area contributed by atoms with E-state index in [1.54, 1.807) is 0 Å². The molecular formula is C20H19NO. The van der Waals surface area contributed by atoms with Crippen LogP contribution in [0.2, 0.25) is 0 Å². The van der Waals surface area contributed by atoms with Gasteiger partial charge in [0, 0.05) is 5.69 Å². The molecule has 0 aliphatic carbocycles. The van der Waals surface area contributed by atoms with E-state index in [1.165, 1.54) is 10.8 Å². The van der Waals surface area contributed by atoms with Gasteiger partial charge in [0.15, 0.2) is 0 Å². The van der Waals surface area contributed by atoms with Gasteiger partial charge in [0.25, 0.3) is 0 Å². The number of carbonyl (C=O) groups is 1. The van der Waals surface area contributed by atoms with Gasteiger partial charge in [0.2, 0.25) is 5.91 Å². The third kappa shape index (κ3) is 3.01. The first-order valence-corrected chi connectivity index (χ1v) is 7.47. The number of nitrogens with one attached hydrogen (secondary N) is 1. The molecule has 0 saturated heterocycles. The Morgan fingerprint density at radius 2 is 1.55 bits per heavy atom. The number of amides is 1. The van der Waals surface area contributed by atoms with Gasteiger partial charge in [0.05, 0.1) is 6.42 Å². The summed E-state index contributed by atoms with van der Waals surface area (Å²) in [5.41, 5.74) is 4.13. The molecule has 0 aliphatic rings. The van der Waals surface area contributed by atoms with Crippen LogP contribution in [0.3, 0.4) is 0 Å². The third-order valence-corrected chi connectivity index (χ3v) is 3.92. The quantitative estimate of drug-likeness (QED) is 0.748. The Balaban J connectivity index is 1.78. The molecule has 3 aromatic rings.